The number of nitrogens with zero attached hydrogens (tertiary/aromatic N) is 3. The number of hydrogen-bond acceptors (Lipinski definition) is 4. The largest absolute Gasteiger partial charge is 0.330 e. The van der Waals surface area contributed by atoms with Crippen LogP contribution in [0.5, 0.6) is 0 Å². The van der Waals surface area contributed by atoms with Crippen molar-refractivity contribution >= 4 is 27.5 Å². The van der Waals surface area contributed by atoms with Gasteiger partial charge in [-0.15, -0.1) is 11.3 Å². The minimum absolute atomic E-state index is 0.0240. The molecule has 0 atom stereocenters. The molecule has 112 valence electrons. The summed E-state index contributed by atoms with van der Waals surface area (Å²) in [5, 5.41) is 0. The third-order valence-corrected chi connectivity index (χ3v) is 4.31. The van der Waals surface area contributed by atoms with E-state index in [1.54, 1.807) is 23.0 Å². The third-order valence-electron chi connectivity index (χ3n) is 3.52. The van der Waals surface area contributed by atoms with Crippen LogP contribution < -0.4 is 0 Å². The highest BCUT2D eigenvalue weighted by atomic mass is 32.1. The molecule has 4 nitrogen and oxygen atoms in total. The van der Waals surface area contributed by atoms with E-state index in [1.165, 1.54) is 0 Å². The minimum Gasteiger partial charge on any atom is -0.330 e. The van der Waals surface area contributed by atoms with Gasteiger partial charge in [0.15, 0.2) is 0 Å². The second-order valence-corrected chi connectivity index (χ2v) is 6.27. The van der Waals surface area contributed by atoms with Crippen LogP contribution in [0, 0.1) is 0 Å². The zero-order valence-corrected chi connectivity index (χ0v) is 13.4. The molecule has 5 heteroatoms. The highest BCUT2D eigenvalue weighted by Gasteiger charge is 2.20. The summed E-state index contributed by atoms with van der Waals surface area (Å²) < 4.78 is 1.03. The normalized spacial score (nSPS) is 11.0. The summed E-state index contributed by atoms with van der Waals surface area (Å²) in [6, 6.07) is 11.5. The van der Waals surface area contributed by atoms with Crippen LogP contribution in [-0.2, 0) is 6.54 Å². The first kappa shape index (κ1) is 14.7. The van der Waals surface area contributed by atoms with Gasteiger partial charge in [-0.1, -0.05) is 6.07 Å². The molecule has 0 aliphatic rings. The minimum atomic E-state index is 0.0240. The van der Waals surface area contributed by atoms with Gasteiger partial charge in [-0.05, 0) is 44.2 Å². The van der Waals surface area contributed by atoms with Gasteiger partial charge in [0.25, 0.3) is 5.91 Å². The van der Waals surface area contributed by atoms with Gasteiger partial charge in [0.1, 0.15) is 0 Å². The number of amides is 1. The molecule has 0 saturated carbocycles. The van der Waals surface area contributed by atoms with Crippen molar-refractivity contribution in [2.45, 2.75) is 26.4 Å². The summed E-state index contributed by atoms with van der Waals surface area (Å²) in [5.41, 5.74) is 4.32. The molecule has 0 aliphatic carbocycles. The Kier molecular flexibility index (Phi) is 4.15. The van der Waals surface area contributed by atoms with E-state index < -0.39 is 0 Å². The van der Waals surface area contributed by atoms with E-state index in [0.717, 1.165) is 15.9 Å². The molecule has 0 spiro atoms. The zero-order chi connectivity index (χ0) is 15.5. The van der Waals surface area contributed by atoms with Crippen LogP contribution in [-0.4, -0.2) is 26.8 Å². The van der Waals surface area contributed by atoms with E-state index in [1.807, 2.05) is 55.1 Å². The Balaban J connectivity index is 1.88. The molecule has 0 unspecified atom stereocenters. The predicted octanol–water partition coefficient (Wildman–Crippen LogP) is 3.74. The maximum Gasteiger partial charge on any atom is 0.254 e. The fourth-order valence-corrected chi connectivity index (χ4v) is 3.03. The number of aromatic nitrogens is 2. The third kappa shape index (κ3) is 2.99. The Hall–Kier alpha value is -2.27. The van der Waals surface area contributed by atoms with E-state index in [2.05, 4.69) is 9.97 Å². The van der Waals surface area contributed by atoms with Gasteiger partial charge in [0.05, 0.1) is 28.0 Å². The summed E-state index contributed by atoms with van der Waals surface area (Å²) in [6.45, 7) is 4.55. The maximum atomic E-state index is 12.8. The number of rotatable bonds is 4. The smallest absolute Gasteiger partial charge is 0.254 e. The molecule has 3 rings (SSSR count). The highest BCUT2D eigenvalue weighted by Crippen LogP contribution is 2.21. The Morgan fingerprint density at radius 2 is 2.09 bits per heavy atom. The highest BCUT2D eigenvalue weighted by molar-refractivity contribution is 7.16. The van der Waals surface area contributed by atoms with Crippen molar-refractivity contribution < 1.29 is 4.79 Å². The van der Waals surface area contributed by atoms with Crippen molar-refractivity contribution in [1.82, 2.24) is 14.9 Å². The molecule has 2 aromatic heterocycles. The average Bonchev–Trinajstić information content (AvgIpc) is 3.00. The molecule has 0 bridgehead atoms. The number of hydrogen-bond donors (Lipinski definition) is 0. The van der Waals surface area contributed by atoms with Crippen molar-refractivity contribution in [3.8, 4) is 0 Å². The van der Waals surface area contributed by atoms with Gasteiger partial charge < -0.3 is 4.90 Å². The molecule has 0 saturated heterocycles. The lowest BCUT2D eigenvalue weighted by Gasteiger charge is -2.26. The van der Waals surface area contributed by atoms with E-state index in [9.17, 15) is 4.79 Å². The molecule has 0 radical (unpaired) electrons. The SMILES string of the molecule is CC(C)N(Cc1ccccn1)C(=O)c1ccc2ncsc2c1. The molecule has 3 aromatic rings. The number of benzene rings is 1. The molecule has 0 N–H and O–H groups in total. The number of carbonyl (C=O) groups is 1. The first-order valence-electron chi connectivity index (χ1n) is 7.19. The molecule has 22 heavy (non-hydrogen) atoms. The van der Waals surface area contributed by atoms with Crippen LogP contribution in [0.15, 0.2) is 48.1 Å². The van der Waals surface area contributed by atoms with Crippen LogP contribution >= 0.6 is 11.3 Å². The Bertz CT molecular complexity index is 783. The Labute approximate surface area is 133 Å². The van der Waals surface area contributed by atoms with Gasteiger partial charge >= 0.3 is 0 Å². The molecular weight excluding hydrogens is 294 g/mol. The average molecular weight is 311 g/mol. The first-order chi connectivity index (χ1) is 10.6. The Morgan fingerprint density at radius 3 is 2.82 bits per heavy atom. The number of fused-ring (bicyclic) bond motifs is 1. The van der Waals surface area contributed by atoms with E-state index in [4.69, 9.17) is 0 Å². The fourth-order valence-electron chi connectivity index (χ4n) is 2.31. The zero-order valence-electron chi connectivity index (χ0n) is 12.6. The summed E-state index contributed by atoms with van der Waals surface area (Å²) in [7, 11) is 0. The summed E-state index contributed by atoms with van der Waals surface area (Å²) in [6.07, 6.45) is 1.75. The first-order valence-corrected chi connectivity index (χ1v) is 8.07. The number of carbonyl (C=O) groups excluding carboxylic acids is 1. The topological polar surface area (TPSA) is 46.1 Å². The van der Waals surface area contributed by atoms with Crippen LogP contribution in [0.25, 0.3) is 10.2 Å². The van der Waals surface area contributed by atoms with E-state index >= 15 is 0 Å². The van der Waals surface area contributed by atoms with Gasteiger partial charge in [-0.2, -0.15) is 0 Å². The maximum absolute atomic E-state index is 12.8. The van der Waals surface area contributed by atoms with Crippen molar-refractivity contribution in [3.63, 3.8) is 0 Å². The molecule has 2 heterocycles. The van der Waals surface area contributed by atoms with Crippen molar-refractivity contribution in [1.29, 1.82) is 0 Å². The van der Waals surface area contributed by atoms with Gasteiger partial charge in [-0.25, -0.2) is 4.98 Å². The summed E-state index contributed by atoms with van der Waals surface area (Å²) >= 11 is 1.55. The molecular formula is C17H17N3OS. The van der Waals surface area contributed by atoms with E-state index in [-0.39, 0.29) is 11.9 Å². The van der Waals surface area contributed by atoms with Crippen LogP contribution in [0.3, 0.4) is 0 Å². The second kappa shape index (κ2) is 6.23. The van der Waals surface area contributed by atoms with Crippen LogP contribution in [0.4, 0.5) is 0 Å². The fraction of sp³-hybridized carbons (Fsp3) is 0.235. The van der Waals surface area contributed by atoms with Crippen LogP contribution in [0.2, 0.25) is 0 Å². The van der Waals surface area contributed by atoms with Crippen LogP contribution in [0.1, 0.15) is 29.9 Å². The van der Waals surface area contributed by atoms with Crippen molar-refractivity contribution in [2.75, 3.05) is 0 Å². The Morgan fingerprint density at radius 1 is 1.23 bits per heavy atom. The standard InChI is InChI=1S/C17H17N3OS/c1-12(2)20(10-14-5-3-4-8-18-14)17(21)13-6-7-15-16(9-13)22-11-19-15/h3-9,11-12H,10H2,1-2H3. The monoisotopic (exact) mass is 311 g/mol. The lowest BCUT2D eigenvalue weighted by molar-refractivity contribution is 0.0688. The second-order valence-electron chi connectivity index (χ2n) is 5.38. The summed E-state index contributed by atoms with van der Waals surface area (Å²) in [4.78, 5) is 23.2. The molecule has 1 amide bonds. The van der Waals surface area contributed by atoms with E-state index in [0.29, 0.717) is 12.1 Å². The van der Waals surface area contributed by atoms with Crippen molar-refractivity contribution in [2.24, 2.45) is 0 Å². The number of thiazole rings is 1. The van der Waals surface area contributed by atoms with Gasteiger partial charge in [0, 0.05) is 17.8 Å². The molecule has 1 aromatic carbocycles. The summed E-state index contributed by atoms with van der Waals surface area (Å²) in [5.74, 6) is 0.0240. The number of pyridine rings is 1. The van der Waals surface area contributed by atoms with Gasteiger partial charge in [0.2, 0.25) is 0 Å². The quantitative estimate of drug-likeness (QED) is 0.737. The molecule has 0 aliphatic heterocycles. The molecule has 0 fully saturated rings. The predicted molar refractivity (Wildman–Crippen MR) is 88.9 cm³/mol. The lowest BCUT2D eigenvalue weighted by atomic mass is 10.1. The van der Waals surface area contributed by atoms with Crippen molar-refractivity contribution in [3.05, 3.63) is 59.4 Å². The van der Waals surface area contributed by atoms with Gasteiger partial charge in [-0.3, -0.25) is 9.78 Å². The lowest BCUT2D eigenvalue weighted by Crippen LogP contribution is -2.36.